The first-order valence-corrected chi connectivity index (χ1v) is 42.6. The summed E-state index contributed by atoms with van der Waals surface area (Å²) in [5, 5.41) is 87.7. The lowest BCUT2D eigenvalue weighted by molar-refractivity contribution is -0.359. The van der Waals surface area contributed by atoms with E-state index in [0.29, 0.717) is 12.8 Å². The molecule has 0 aromatic rings. The number of carbonyl (C=O) groups excluding carboxylic acids is 1. The highest BCUT2D eigenvalue weighted by atomic mass is 16.7. The summed E-state index contributed by atoms with van der Waals surface area (Å²) >= 11 is 0. The van der Waals surface area contributed by atoms with Crippen LogP contribution in [0.5, 0.6) is 0 Å². The molecule has 2 aliphatic heterocycles. The second-order valence-electron chi connectivity index (χ2n) is 30.3. The number of aliphatic hydroxyl groups excluding tert-OH is 8. The van der Waals surface area contributed by atoms with Gasteiger partial charge in [0.15, 0.2) is 12.6 Å². The molecule has 1 amide bonds. The van der Waals surface area contributed by atoms with Gasteiger partial charge < -0.3 is 65.1 Å². The lowest BCUT2D eigenvalue weighted by Crippen LogP contribution is -2.65. The molecule has 2 saturated heterocycles. The van der Waals surface area contributed by atoms with Crippen LogP contribution in [0, 0.1) is 0 Å². The largest absolute Gasteiger partial charge is 0.394 e. The van der Waals surface area contributed by atoms with Gasteiger partial charge in [0.1, 0.15) is 48.8 Å². The number of amides is 1. The second kappa shape index (κ2) is 68.6. The van der Waals surface area contributed by atoms with Crippen LogP contribution in [-0.4, -0.2) is 140 Å². The number of ether oxygens (including phenoxy) is 4. The van der Waals surface area contributed by atoms with Gasteiger partial charge in [-0.05, 0) is 32.1 Å². The van der Waals surface area contributed by atoms with Crippen molar-refractivity contribution in [2.75, 3.05) is 19.8 Å². The molecule has 0 radical (unpaired) electrons. The summed E-state index contributed by atoms with van der Waals surface area (Å²) in [4.78, 5) is 13.4. The quantitative estimate of drug-likeness (QED) is 0.0204. The van der Waals surface area contributed by atoms with Crippen LogP contribution in [0.15, 0.2) is 24.3 Å². The highest BCUT2D eigenvalue weighted by Gasteiger charge is 2.51. The van der Waals surface area contributed by atoms with Crippen molar-refractivity contribution in [2.24, 2.45) is 0 Å². The Morgan fingerprint density at radius 3 is 1.00 bits per heavy atom. The summed E-state index contributed by atoms with van der Waals surface area (Å²) in [7, 11) is 0. The molecule has 12 unspecified atom stereocenters. The molecular weight excluding hydrogens is 1230 g/mol. The third kappa shape index (κ3) is 50.8. The van der Waals surface area contributed by atoms with Crippen molar-refractivity contribution in [3.05, 3.63) is 24.3 Å². The molecule has 0 aliphatic carbocycles. The van der Waals surface area contributed by atoms with Gasteiger partial charge in [-0.3, -0.25) is 4.79 Å². The Morgan fingerprint density at radius 1 is 0.357 bits per heavy atom. The number of rotatable bonds is 73. The van der Waals surface area contributed by atoms with Gasteiger partial charge in [-0.15, -0.1) is 0 Å². The van der Waals surface area contributed by atoms with Crippen molar-refractivity contribution < 1.29 is 64.6 Å². The zero-order valence-electron chi connectivity index (χ0n) is 63.8. The number of hydrogen-bond acceptors (Lipinski definition) is 13. The summed E-state index contributed by atoms with van der Waals surface area (Å²) in [5.41, 5.74) is 0. The maximum atomic E-state index is 13.4. The minimum Gasteiger partial charge on any atom is -0.394 e. The maximum absolute atomic E-state index is 13.4. The first-order valence-electron chi connectivity index (χ1n) is 42.6. The van der Waals surface area contributed by atoms with Crippen molar-refractivity contribution in [3.63, 3.8) is 0 Å². The summed E-state index contributed by atoms with van der Waals surface area (Å²) in [6.45, 7) is 2.86. The van der Waals surface area contributed by atoms with E-state index < -0.39 is 86.8 Å². The van der Waals surface area contributed by atoms with E-state index in [2.05, 4.69) is 31.3 Å². The molecule has 2 fully saturated rings. The topological polar surface area (TPSA) is 228 Å². The van der Waals surface area contributed by atoms with Crippen LogP contribution in [0.25, 0.3) is 0 Å². The molecule has 0 saturated carbocycles. The van der Waals surface area contributed by atoms with Crippen molar-refractivity contribution >= 4 is 5.91 Å². The fourth-order valence-electron chi connectivity index (χ4n) is 14.4. The minimum atomic E-state index is -1.79. The van der Waals surface area contributed by atoms with Gasteiger partial charge in [-0.25, -0.2) is 0 Å². The Hall–Kier alpha value is -1.53. The highest BCUT2D eigenvalue weighted by molar-refractivity contribution is 5.76. The molecule has 0 aromatic heterocycles. The molecule has 98 heavy (non-hydrogen) atoms. The van der Waals surface area contributed by atoms with Gasteiger partial charge in [0, 0.05) is 6.42 Å². The summed E-state index contributed by atoms with van der Waals surface area (Å²) in [6, 6.07) is -0.931. The standard InChI is InChI=1S/C84H161NO13/c1-3-5-7-9-11-13-15-17-19-21-23-25-27-29-31-33-35-36-38-40-42-44-46-48-50-52-54-56-58-60-62-64-66-68-76(89)85-72(71-95-83-81(94)79(92)82(75(70-87)97-83)98-84-80(93)78(91)77(90)74(69-86)96-84)73(88)67-65-63-61-59-57-55-53-51-49-47-45-43-41-39-37-34-32-30-28-26-24-22-20-18-16-14-12-10-8-6-4-2/h57,59,65,67,72-75,77-84,86-88,90-94H,3-56,58,60-64,66,68-71H2,1-2H3,(H,85,89)/b59-57+,67-65+. The van der Waals surface area contributed by atoms with Gasteiger partial charge in [-0.1, -0.05) is 398 Å². The zero-order chi connectivity index (χ0) is 70.8. The lowest BCUT2D eigenvalue weighted by atomic mass is 9.97. The van der Waals surface area contributed by atoms with Crippen molar-refractivity contribution in [1.29, 1.82) is 0 Å². The van der Waals surface area contributed by atoms with E-state index in [4.69, 9.17) is 18.9 Å². The SMILES string of the molecule is CCCCCCCCCCCCCCCCCCCCCCCCCCC/C=C/CC/C=C/C(O)C(COC1OC(CO)C(OC2OC(CO)C(O)C(O)C2O)C(O)C1O)NC(=O)CCCCCCCCCCCCCCCCCCCCCCCCCCCCCCCCCCC. The Bertz CT molecular complexity index is 1740. The van der Waals surface area contributed by atoms with E-state index in [9.17, 15) is 45.6 Å². The van der Waals surface area contributed by atoms with Crippen LogP contribution in [0.1, 0.15) is 412 Å². The minimum absolute atomic E-state index is 0.239. The van der Waals surface area contributed by atoms with Gasteiger partial charge in [0.2, 0.25) is 5.91 Å². The average Bonchev–Trinajstić information content (AvgIpc) is 0.793. The fraction of sp³-hybridized carbons (Fsp3) is 0.940. The third-order valence-corrected chi connectivity index (χ3v) is 21.1. The predicted octanol–water partition coefficient (Wildman–Crippen LogP) is 19.8. The molecule has 14 heteroatoms. The molecule has 12 atom stereocenters. The molecule has 2 aliphatic rings. The van der Waals surface area contributed by atoms with E-state index in [1.165, 1.54) is 347 Å². The van der Waals surface area contributed by atoms with Gasteiger partial charge in [0.05, 0.1) is 32.0 Å². The Morgan fingerprint density at radius 2 is 0.653 bits per heavy atom. The van der Waals surface area contributed by atoms with E-state index in [1.54, 1.807) is 6.08 Å². The summed E-state index contributed by atoms with van der Waals surface area (Å²) in [6.07, 6.45) is 72.9. The molecule has 0 bridgehead atoms. The molecule has 14 nitrogen and oxygen atoms in total. The van der Waals surface area contributed by atoms with E-state index in [1.807, 2.05) is 6.08 Å². The molecular formula is C84H161NO13. The van der Waals surface area contributed by atoms with Crippen molar-refractivity contribution in [3.8, 4) is 0 Å². The second-order valence-corrected chi connectivity index (χ2v) is 30.3. The van der Waals surface area contributed by atoms with E-state index in [-0.39, 0.29) is 18.9 Å². The Balaban J connectivity index is 1.60. The number of unbranched alkanes of at least 4 members (excludes halogenated alkanes) is 58. The van der Waals surface area contributed by atoms with Crippen LogP contribution < -0.4 is 5.32 Å². The van der Waals surface area contributed by atoms with Crippen LogP contribution in [-0.2, 0) is 23.7 Å². The summed E-state index contributed by atoms with van der Waals surface area (Å²) in [5.74, 6) is -0.239. The van der Waals surface area contributed by atoms with Crippen molar-refractivity contribution in [2.45, 2.75) is 485 Å². The summed E-state index contributed by atoms with van der Waals surface area (Å²) < 4.78 is 22.9. The monoisotopic (exact) mass is 1390 g/mol. The number of hydrogen-bond donors (Lipinski definition) is 9. The van der Waals surface area contributed by atoms with Gasteiger partial charge in [-0.2, -0.15) is 0 Å². The van der Waals surface area contributed by atoms with Crippen LogP contribution in [0.2, 0.25) is 0 Å². The normalized spacial score (nSPS) is 22.1. The number of nitrogens with one attached hydrogen (secondary N) is 1. The van der Waals surface area contributed by atoms with Gasteiger partial charge >= 0.3 is 0 Å². The van der Waals surface area contributed by atoms with Crippen LogP contribution in [0.3, 0.4) is 0 Å². The number of allylic oxidation sites excluding steroid dienone is 3. The molecule has 9 N–H and O–H groups in total. The van der Waals surface area contributed by atoms with Crippen LogP contribution in [0.4, 0.5) is 0 Å². The molecule has 2 heterocycles. The van der Waals surface area contributed by atoms with Crippen molar-refractivity contribution in [1.82, 2.24) is 5.32 Å². The molecule has 0 aromatic carbocycles. The maximum Gasteiger partial charge on any atom is 0.220 e. The lowest BCUT2D eigenvalue weighted by Gasteiger charge is -2.46. The van der Waals surface area contributed by atoms with E-state index >= 15 is 0 Å². The molecule has 2 rings (SSSR count). The smallest absolute Gasteiger partial charge is 0.220 e. The molecule has 580 valence electrons. The van der Waals surface area contributed by atoms with E-state index in [0.717, 1.165) is 32.1 Å². The highest BCUT2D eigenvalue weighted by Crippen LogP contribution is 2.31. The number of aliphatic hydroxyl groups is 8. The molecule has 0 spiro atoms. The van der Waals surface area contributed by atoms with Crippen LogP contribution >= 0.6 is 0 Å². The zero-order valence-corrected chi connectivity index (χ0v) is 63.8. The Labute approximate surface area is 602 Å². The fourth-order valence-corrected chi connectivity index (χ4v) is 14.4. The first kappa shape index (κ1) is 92.6. The predicted molar refractivity (Wildman–Crippen MR) is 406 cm³/mol. The third-order valence-electron chi connectivity index (χ3n) is 21.1. The van der Waals surface area contributed by atoms with Gasteiger partial charge in [0.25, 0.3) is 0 Å². The average molecular weight is 1390 g/mol. The number of carbonyl (C=O) groups is 1. The first-order chi connectivity index (χ1) is 48.1. The Kier molecular flexibility index (Phi) is 64.8.